The normalized spacial score (nSPS) is 11.6. The Morgan fingerprint density at radius 3 is 2.36 bits per heavy atom. The lowest BCUT2D eigenvalue weighted by molar-refractivity contribution is -0.138. The Morgan fingerprint density at radius 1 is 1.36 bits per heavy atom. The summed E-state index contributed by atoms with van der Waals surface area (Å²) >= 11 is 4.65. The molecule has 14 heavy (non-hydrogen) atoms. The Hall–Kier alpha value is 0.0200. The van der Waals surface area contributed by atoms with Gasteiger partial charge in [0.05, 0.1) is 16.2 Å². The van der Waals surface area contributed by atoms with Gasteiger partial charge in [-0.25, -0.2) is 0 Å². The van der Waals surface area contributed by atoms with Crippen LogP contribution in [0.1, 0.15) is 5.56 Å². The highest BCUT2D eigenvalue weighted by molar-refractivity contribution is 14.1. The third kappa shape index (κ3) is 2.53. The van der Waals surface area contributed by atoms with Crippen LogP contribution in [0, 0.1) is 3.57 Å². The topological polar surface area (TPSA) is 9.23 Å². The lowest BCUT2D eigenvalue weighted by Gasteiger charge is -2.11. The van der Waals surface area contributed by atoms with E-state index in [1.54, 1.807) is 22.6 Å². The van der Waals surface area contributed by atoms with Gasteiger partial charge < -0.3 is 4.74 Å². The van der Waals surface area contributed by atoms with E-state index in [-0.39, 0.29) is 4.47 Å². The van der Waals surface area contributed by atoms with Gasteiger partial charge in [-0.15, -0.1) is 0 Å². The van der Waals surface area contributed by atoms with Crippen LogP contribution in [0.15, 0.2) is 16.6 Å². The second kappa shape index (κ2) is 4.26. The summed E-state index contributed by atoms with van der Waals surface area (Å²) in [7, 11) is 1.41. The number of hydrogen-bond acceptors (Lipinski definition) is 1. The Labute approximate surface area is 101 Å². The van der Waals surface area contributed by atoms with Gasteiger partial charge in [0, 0.05) is 4.47 Å². The highest BCUT2D eigenvalue weighted by Crippen LogP contribution is 2.38. The van der Waals surface area contributed by atoms with Crippen molar-refractivity contribution in [1.82, 2.24) is 0 Å². The van der Waals surface area contributed by atoms with E-state index in [2.05, 4.69) is 15.9 Å². The van der Waals surface area contributed by atoms with E-state index in [1.165, 1.54) is 13.2 Å². The van der Waals surface area contributed by atoms with Gasteiger partial charge in [-0.3, -0.25) is 0 Å². The summed E-state index contributed by atoms with van der Waals surface area (Å²) in [6.07, 6.45) is -4.34. The van der Waals surface area contributed by atoms with E-state index in [4.69, 9.17) is 4.74 Å². The number of ether oxygens (including phenoxy) is 1. The molecule has 0 unspecified atom stereocenters. The summed E-state index contributed by atoms with van der Waals surface area (Å²) in [6.45, 7) is 0. The maximum Gasteiger partial charge on any atom is 0.417 e. The molecule has 0 atom stereocenters. The van der Waals surface area contributed by atoms with Crippen LogP contribution in [0.4, 0.5) is 13.2 Å². The summed E-state index contributed by atoms with van der Waals surface area (Å²) in [5, 5.41) is 0. The van der Waals surface area contributed by atoms with E-state index < -0.39 is 11.7 Å². The van der Waals surface area contributed by atoms with E-state index in [1.807, 2.05) is 0 Å². The number of benzene rings is 1. The van der Waals surface area contributed by atoms with Gasteiger partial charge in [0.15, 0.2) is 0 Å². The Balaban J connectivity index is 3.29. The lowest BCUT2D eigenvalue weighted by Crippen LogP contribution is -2.06. The number of alkyl halides is 3. The van der Waals surface area contributed by atoms with Crippen LogP contribution in [-0.4, -0.2) is 7.11 Å². The van der Waals surface area contributed by atoms with Gasteiger partial charge in [0.2, 0.25) is 0 Å². The summed E-state index contributed by atoms with van der Waals surface area (Å²) in [6, 6.07) is 2.36. The van der Waals surface area contributed by atoms with E-state index in [0.29, 0.717) is 9.32 Å². The fourth-order valence-electron chi connectivity index (χ4n) is 0.902. The maximum atomic E-state index is 12.4. The predicted octanol–water partition coefficient (Wildman–Crippen LogP) is 4.08. The molecule has 6 heteroatoms. The second-order valence-corrected chi connectivity index (χ2v) is 4.48. The fraction of sp³-hybridized carbons (Fsp3) is 0.250. The minimum absolute atomic E-state index is 0.0118. The van der Waals surface area contributed by atoms with Crippen molar-refractivity contribution in [2.24, 2.45) is 0 Å². The first-order valence-corrected chi connectivity index (χ1v) is 5.33. The fourth-order valence-corrected chi connectivity index (χ4v) is 2.14. The quantitative estimate of drug-likeness (QED) is 0.667. The molecule has 1 nitrogen and oxygen atoms in total. The minimum Gasteiger partial charge on any atom is -0.496 e. The maximum absolute atomic E-state index is 12.4. The highest BCUT2D eigenvalue weighted by Gasteiger charge is 2.33. The zero-order chi connectivity index (χ0) is 10.9. The van der Waals surface area contributed by atoms with Gasteiger partial charge in [-0.2, -0.15) is 13.2 Å². The van der Waals surface area contributed by atoms with Crippen molar-refractivity contribution in [2.45, 2.75) is 6.18 Å². The lowest BCUT2D eigenvalue weighted by atomic mass is 10.2. The third-order valence-electron chi connectivity index (χ3n) is 1.55. The molecule has 0 radical (unpaired) electrons. The monoisotopic (exact) mass is 380 g/mol. The first-order chi connectivity index (χ1) is 6.36. The molecule has 0 spiro atoms. The first-order valence-electron chi connectivity index (χ1n) is 3.46. The molecule has 78 valence electrons. The van der Waals surface area contributed by atoms with Gasteiger partial charge in [0.1, 0.15) is 5.75 Å². The number of halogens is 5. The van der Waals surface area contributed by atoms with Crippen molar-refractivity contribution in [3.8, 4) is 5.75 Å². The summed E-state index contributed by atoms with van der Waals surface area (Å²) in [5.74, 6) is 0.422. The van der Waals surface area contributed by atoms with Crippen molar-refractivity contribution < 1.29 is 17.9 Å². The molecule has 0 aliphatic carbocycles. The van der Waals surface area contributed by atoms with Crippen LogP contribution in [0.25, 0.3) is 0 Å². The number of methoxy groups -OCH3 is 1. The smallest absolute Gasteiger partial charge is 0.417 e. The van der Waals surface area contributed by atoms with Crippen LogP contribution in [-0.2, 0) is 6.18 Å². The molecule has 1 rings (SSSR count). The summed E-state index contributed by atoms with van der Waals surface area (Å²) in [4.78, 5) is 0. The largest absolute Gasteiger partial charge is 0.496 e. The average Bonchev–Trinajstić information content (AvgIpc) is 2.06. The molecular formula is C8H5BrF3IO. The van der Waals surface area contributed by atoms with Crippen LogP contribution in [0.3, 0.4) is 0 Å². The Morgan fingerprint density at radius 2 is 1.93 bits per heavy atom. The van der Waals surface area contributed by atoms with Crippen molar-refractivity contribution in [2.75, 3.05) is 7.11 Å². The summed E-state index contributed by atoms with van der Waals surface area (Å²) in [5.41, 5.74) is -0.692. The van der Waals surface area contributed by atoms with Gasteiger partial charge in [-0.1, -0.05) is 15.9 Å². The molecule has 0 aromatic heterocycles. The van der Waals surface area contributed by atoms with Crippen molar-refractivity contribution >= 4 is 38.5 Å². The Kier molecular flexibility index (Phi) is 3.68. The van der Waals surface area contributed by atoms with Crippen molar-refractivity contribution in [3.63, 3.8) is 0 Å². The zero-order valence-corrected chi connectivity index (χ0v) is 10.7. The molecule has 0 fully saturated rings. The molecule has 0 amide bonds. The summed E-state index contributed by atoms with van der Waals surface area (Å²) < 4.78 is 42.5. The molecular weight excluding hydrogens is 376 g/mol. The van der Waals surface area contributed by atoms with Crippen LogP contribution in [0.5, 0.6) is 5.75 Å². The molecule has 0 saturated heterocycles. The number of rotatable bonds is 1. The van der Waals surface area contributed by atoms with Gasteiger partial charge >= 0.3 is 6.18 Å². The van der Waals surface area contributed by atoms with Crippen molar-refractivity contribution in [3.05, 3.63) is 25.7 Å². The Bertz CT molecular complexity index is 351. The predicted molar refractivity (Wildman–Crippen MR) is 58.4 cm³/mol. The van der Waals surface area contributed by atoms with E-state index in [9.17, 15) is 13.2 Å². The molecule has 0 aliphatic rings. The van der Waals surface area contributed by atoms with Gasteiger partial charge in [0.25, 0.3) is 0 Å². The number of hydrogen-bond donors (Lipinski definition) is 0. The van der Waals surface area contributed by atoms with Crippen molar-refractivity contribution in [1.29, 1.82) is 0 Å². The molecule has 0 heterocycles. The zero-order valence-electron chi connectivity index (χ0n) is 6.95. The standard InChI is InChI=1S/C8H5BrF3IO/c1-14-7-3-5(9)4(2-6(7)13)8(10,11)12/h2-3H,1H3. The van der Waals surface area contributed by atoms with E-state index >= 15 is 0 Å². The molecule has 0 bridgehead atoms. The molecule has 1 aromatic carbocycles. The van der Waals surface area contributed by atoms with Crippen LogP contribution in [0.2, 0.25) is 0 Å². The highest BCUT2D eigenvalue weighted by atomic mass is 127. The first kappa shape index (κ1) is 12.1. The molecule has 1 aromatic rings. The van der Waals surface area contributed by atoms with Gasteiger partial charge in [-0.05, 0) is 34.7 Å². The SMILES string of the molecule is COc1cc(Br)c(C(F)(F)F)cc1I. The molecule has 0 saturated carbocycles. The van der Waals surface area contributed by atoms with Crippen LogP contribution < -0.4 is 4.74 Å². The molecule has 0 N–H and O–H groups in total. The van der Waals surface area contributed by atoms with E-state index in [0.717, 1.165) is 6.07 Å². The third-order valence-corrected chi connectivity index (χ3v) is 3.05. The molecule has 0 aliphatic heterocycles. The average molecular weight is 381 g/mol. The second-order valence-electron chi connectivity index (χ2n) is 2.46. The van der Waals surface area contributed by atoms with Crippen LogP contribution >= 0.6 is 38.5 Å². The minimum atomic E-state index is -4.34.